The van der Waals surface area contributed by atoms with E-state index in [2.05, 4.69) is 17.1 Å². The van der Waals surface area contributed by atoms with Crippen LogP contribution in [0.2, 0.25) is 0 Å². The normalized spacial score (nSPS) is 16.9. The highest BCUT2D eigenvalue weighted by molar-refractivity contribution is 5.96. The molecule has 23 heavy (non-hydrogen) atoms. The van der Waals surface area contributed by atoms with E-state index in [4.69, 9.17) is 0 Å². The maximum absolute atomic E-state index is 12.3. The number of rotatable bonds is 5. The molecule has 1 atom stereocenters. The fourth-order valence-electron chi connectivity index (χ4n) is 2.81. The van der Waals surface area contributed by atoms with E-state index in [1.54, 1.807) is 29.2 Å². The second-order valence-corrected chi connectivity index (χ2v) is 5.83. The third-order valence-corrected chi connectivity index (χ3v) is 4.32. The number of hydrogen-bond acceptors (Lipinski definition) is 4. The van der Waals surface area contributed by atoms with Crippen LogP contribution in [0.1, 0.15) is 30.6 Å². The lowest BCUT2D eigenvalue weighted by atomic mass is 10.1. The first-order chi connectivity index (χ1) is 11.0. The molecule has 0 spiro atoms. The number of nitrogens with zero attached hydrogens (tertiary/aromatic N) is 2. The largest absolute Gasteiger partial charge is 0.395 e. The highest BCUT2D eigenvalue weighted by atomic mass is 16.3. The number of hydrogen-bond donors (Lipinski definition) is 2. The smallest absolute Gasteiger partial charge is 0.321 e. The number of aliphatic hydroxyl groups is 1. The van der Waals surface area contributed by atoms with Gasteiger partial charge in [0.1, 0.15) is 0 Å². The van der Waals surface area contributed by atoms with Crippen molar-refractivity contribution in [2.75, 3.05) is 38.1 Å². The predicted molar refractivity (Wildman–Crippen MR) is 89.8 cm³/mol. The fraction of sp³-hybridized carbons (Fsp3) is 0.529. The summed E-state index contributed by atoms with van der Waals surface area (Å²) >= 11 is 0. The predicted octanol–water partition coefficient (Wildman–Crippen LogP) is 1.81. The third kappa shape index (κ3) is 4.53. The van der Waals surface area contributed by atoms with Gasteiger partial charge in [0.15, 0.2) is 5.78 Å². The second-order valence-electron chi connectivity index (χ2n) is 5.83. The average Bonchev–Trinajstić information content (AvgIpc) is 2.56. The van der Waals surface area contributed by atoms with Gasteiger partial charge < -0.3 is 15.3 Å². The number of benzene rings is 1. The summed E-state index contributed by atoms with van der Waals surface area (Å²) < 4.78 is 0. The van der Waals surface area contributed by atoms with Crippen molar-refractivity contribution in [3.8, 4) is 0 Å². The van der Waals surface area contributed by atoms with Crippen molar-refractivity contribution < 1.29 is 14.7 Å². The van der Waals surface area contributed by atoms with Crippen LogP contribution < -0.4 is 5.32 Å². The molecular formula is C17H25N3O3. The zero-order valence-corrected chi connectivity index (χ0v) is 13.8. The number of carbonyl (C=O) groups excluding carboxylic acids is 2. The lowest BCUT2D eigenvalue weighted by Crippen LogP contribution is -2.53. The van der Waals surface area contributed by atoms with Crippen LogP contribution in [0.25, 0.3) is 0 Å². The molecule has 2 rings (SSSR count). The molecule has 1 saturated heterocycles. The highest BCUT2D eigenvalue weighted by Crippen LogP contribution is 2.14. The Morgan fingerprint density at radius 1 is 1.26 bits per heavy atom. The lowest BCUT2D eigenvalue weighted by molar-refractivity contribution is 0.0766. The van der Waals surface area contributed by atoms with Crippen LogP contribution in [0.3, 0.4) is 0 Å². The van der Waals surface area contributed by atoms with Crippen LogP contribution in [0.5, 0.6) is 0 Å². The molecule has 1 heterocycles. The van der Waals surface area contributed by atoms with Crippen molar-refractivity contribution in [2.45, 2.75) is 26.3 Å². The summed E-state index contributed by atoms with van der Waals surface area (Å²) in [6, 6.07) is 6.98. The Labute approximate surface area is 137 Å². The SMILES string of the molecule is CCC(CO)N1CCN(C(=O)Nc2cccc(C(C)=O)c2)CC1. The maximum Gasteiger partial charge on any atom is 0.321 e. The fourth-order valence-corrected chi connectivity index (χ4v) is 2.81. The van der Waals surface area contributed by atoms with Crippen molar-refractivity contribution in [2.24, 2.45) is 0 Å². The van der Waals surface area contributed by atoms with Crippen LogP contribution in [0.4, 0.5) is 10.5 Å². The van der Waals surface area contributed by atoms with Gasteiger partial charge in [-0.25, -0.2) is 4.79 Å². The molecule has 0 saturated carbocycles. The van der Waals surface area contributed by atoms with Gasteiger partial charge in [0, 0.05) is 43.5 Å². The van der Waals surface area contributed by atoms with Gasteiger partial charge in [0.25, 0.3) is 0 Å². The molecule has 6 heteroatoms. The number of ketones is 1. The zero-order chi connectivity index (χ0) is 16.8. The van der Waals surface area contributed by atoms with E-state index in [9.17, 15) is 14.7 Å². The van der Waals surface area contributed by atoms with E-state index >= 15 is 0 Å². The van der Waals surface area contributed by atoms with Crippen molar-refractivity contribution in [3.05, 3.63) is 29.8 Å². The molecule has 1 fully saturated rings. The molecule has 1 aliphatic heterocycles. The molecule has 0 radical (unpaired) electrons. The molecule has 2 N–H and O–H groups in total. The number of carbonyl (C=O) groups is 2. The minimum absolute atomic E-state index is 0.0238. The van der Waals surface area contributed by atoms with Crippen LogP contribution in [-0.4, -0.2) is 65.5 Å². The number of amides is 2. The first-order valence-electron chi connectivity index (χ1n) is 8.07. The number of anilines is 1. The summed E-state index contributed by atoms with van der Waals surface area (Å²) in [5.74, 6) is -0.0238. The standard InChI is InChI=1S/C17H25N3O3/c1-3-16(12-21)19-7-9-20(10-8-19)17(23)18-15-6-4-5-14(11-15)13(2)22/h4-6,11,16,21H,3,7-10,12H2,1-2H3,(H,18,23). The summed E-state index contributed by atoms with van der Waals surface area (Å²) in [5, 5.41) is 12.2. The first kappa shape index (κ1) is 17.4. The number of piperazine rings is 1. The van der Waals surface area contributed by atoms with Gasteiger partial charge in [0.2, 0.25) is 0 Å². The minimum atomic E-state index is -0.151. The second kappa shape index (κ2) is 8.08. The van der Waals surface area contributed by atoms with Crippen molar-refractivity contribution in [3.63, 3.8) is 0 Å². The minimum Gasteiger partial charge on any atom is -0.395 e. The van der Waals surface area contributed by atoms with Gasteiger partial charge in [-0.15, -0.1) is 0 Å². The molecule has 2 amide bonds. The quantitative estimate of drug-likeness (QED) is 0.812. The van der Waals surface area contributed by atoms with Gasteiger partial charge in [-0.1, -0.05) is 19.1 Å². The molecule has 0 aromatic heterocycles. The zero-order valence-electron chi connectivity index (χ0n) is 13.8. The number of urea groups is 1. The third-order valence-electron chi connectivity index (χ3n) is 4.32. The molecule has 1 aliphatic rings. The van der Waals surface area contributed by atoms with Crippen LogP contribution >= 0.6 is 0 Å². The van der Waals surface area contributed by atoms with Gasteiger partial charge in [-0.3, -0.25) is 9.69 Å². The van der Waals surface area contributed by atoms with E-state index in [0.717, 1.165) is 19.5 Å². The molecule has 0 aliphatic carbocycles. The molecule has 1 unspecified atom stereocenters. The van der Waals surface area contributed by atoms with E-state index in [-0.39, 0.29) is 24.5 Å². The Morgan fingerprint density at radius 3 is 2.52 bits per heavy atom. The molecule has 1 aromatic rings. The van der Waals surface area contributed by atoms with Crippen molar-refractivity contribution >= 4 is 17.5 Å². The van der Waals surface area contributed by atoms with Gasteiger partial charge >= 0.3 is 6.03 Å². The molecule has 0 bridgehead atoms. The number of Topliss-reactive ketones (excluding diaryl/α,β-unsaturated/α-hetero) is 1. The molecule has 126 valence electrons. The summed E-state index contributed by atoms with van der Waals surface area (Å²) in [6.45, 7) is 6.51. The van der Waals surface area contributed by atoms with E-state index in [0.29, 0.717) is 24.3 Å². The van der Waals surface area contributed by atoms with E-state index in [1.165, 1.54) is 6.92 Å². The first-order valence-corrected chi connectivity index (χ1v) is 8.07. The van der Waals surface area contributed by atoms with Gasteiger partial charge in [-0.05, 0) is 25.5 Å². The highest BCUT2D eigenvalue weighted by Gasteiger charge is 2.24. The topological polar surface area (TPSA) is 72.9 Å². The van der Waals surface area contributed by atoms with Crippen LogP contribution in [0.15, 0.2) is 24.3 Å². The Morgan fingerprint density at radius 2 is 1.96 bits per heavy atom. The summed E-state index contributed by atoms with van der Waals surface area (Å²) in [5.41, 5.74) is 1.22. The molecular weight excluding hydrogens is 294 g/mol. The molecule has 6 nitrogen and oxygen atoms in total. The Balaban J connectivity index is 1.90. The Bertz CT molecular complexity index is 550. The Hall–Kier alpha value is -1.92. The average molecular weight is 319 g/mol. The summed E-state index contributed by atoms with van der Waals surface area (Å²) in [7, 11) is 0. The summed E-state index contributed by atoms with van der Waals surface area (Å²) in [6.07, 6.45) is 0.903. The van der Waals surface area contributed by atoms with Crippen molar-refractivity contribution in [1.82, 2.24) is 9.80 Å². The maximum atomic E-state index is 12.3. The summed E-state index contributed by atoms with van der Waals surface area (Å²) in [4.78, 5) is 27.7. The van der Waals surface area contributed by atoms with Gasteiger partial charge in [0.05, 0.1) is 6.61 Å². The van der Waals surface area contributed by atoms with Crippen LogP contribution in [-0.2, 0) is 0 Å². The van der Waals surface area contributed by atoms with E-state index in [1.807, 2.05) is 0 Å². The van der Waals surface area contributed by atoms with Crippen molar-refractivity contribution in [1.29, 1.82) is 0 Å². The Kier molecular flexibility index (Phi) is 6.12. The van der Waals surface area contributed by atoms with Crippen LogP contribution in [0, 0.1) is 0 Å². The number of aliphatic hydroxyl groups excluding tert-OH is 1. The monoisotopic (exact) mass is 319 g/mol. The van der Waals surface area contributed by atoms with E-state index < -0.39 is 0 Å². The lowest BCUT2D eigenvalue weighted by Gasteiger charge is -2.38. The number of nitrogens with one attached hydrogen (secondary N) is 1. The van der Waals surface area contributed by atoms with Gasteiger partial charge in [-0.2, -0.15) is 0 Å². The molecule has 1 aromatic carbocycles.